The highest BCUT2D eigenvalue weighted by Gasteiger charge is 2.13. The van der Waals surface area contributed by atoms with Crippen LogP contribution < -0.4 is 10.6 Å². The number of halogens is 1. The molecule has 2 N–H and O–H groups in total. The molecule has 0 atom stereocenters. The Hall–Kier alpha value is -0.830. The van der Waals surface area contributed by atoms with Gasteiger partial charge in [-0.05, 0) is 45.7 Å². The fourth-order valence-electron chi connectivity index (χ4n) is 3.32. The van der Waals surface area contributed by atoms with Gasteiger partial charge in [0.2, 0.25) is 0 Å². The Bertz CT molecular complexity index is 510. The molecule has 1 aliphatic heterocycles. The minimum absolute atomic E-state index is 0. The first-order valence-corrected chi connectivity index (χ1v) is 9.96. The molecule has 1 saturated heterocycles. The van der Waals surface area contributed by atoms with E-state index in [4.69, 9.17) is 4.52 Å². The average molecular weight is 477 g/mol. The van der Waals surface area contributed by atoms with Crippen LogP contribution in [0, 0.1) is 0 Å². The molecule has 26 heavy (non-hydrogen) atoms. The average Bonchev–Trinajstić information content (AvgIpc) is 3.10. The molecular weight excluding hydrogens is 441 g/mol. The first-order valence-electron chi connectivity index (χ1n) is 9.96. The van der Waals surface area contributed by atoms with Crippen molar-refractivity contribution in [3.05, 3.63) is 17.5 Å². The van der Waals surface area contributed by atoms with Crippen LogP contribution in [0.4, 0.5) is 0 Å². The second kappa shape index (κ2) is 13.4. The third kappa shape index (κ3) is 7.82. The number of rotatable bonds is 9. The molecule has 0 amide bonds. The summed E-state index contributed by atoms with van der Waals surface area (Å²) >= 11 is 0. The van der Waals surface area contributed by atoms with Gasteiger partial charge in [0, 0.05) is 31.6 Å². The maximum absolute atomic E-state index is 5.46. The van der Waals surface area contributed by atoms with Gasteiger partial charge in [-0.15, -0.1) is 24.0 Å². The van der Waals surface area contributed by atoms with Crippen molar-refractivity contribution in [2.24, 2.45) is 4.99 Å². The van der Waals surface area contributed by atoms with E-state index in [2.05, 4.69) is 52.5 Å². The summed E-state index contributed by atoms with van der Waals surface area (Å²) in [7, 11) is 0. The van der Waals surface area contributed by atoms with Crippen LogP contribution in [0.25, 0.3) is 0 Å². The highest BCUT2D eigenvalue weighted by atomic mass is 127. The zero-order valence-corrected chi connectivity index (χ0v) is 18.9. The number of nitrogens with zero attached hydrogens (tertiary/aromatic N) is 3. The van der Waals surface area contributed by atoms with Gasteiger partial charge in [0.1, 0.15) is 6.54 Å². The topological polar surface area (TPSA) is 65.7 Å². The van der Waals surface area contributed by atoms with Crippen LogP contribution in [0.2, 0.25) is 0 Å². The lowest BCUT2D eigenvalue weighted by atomic mass is 9.99. The van der Waals surface area contributed by atoms with E-state index >= 15 is 0 Å². The monoisotopic (exact) mass is 477 g/mol. The van der Waals surface area contributed by atoms with Crippen LogP contribution in [-0.2, 0) is 6.54 Å². The molecule has 7 heteroatoms. The first-order chi connectivity index (χ1) is 12.3. The summed E-state index contributed by atoms with van der Waals surface area (Å²) in [6.45, 7) is 12.3. The second-order valence-electron chi connectivity index (χ2n) is 6.76. The third-order valence-corrected chi connectivity index (χ3v) is 4.89. The zero-order valence-electron chi connectivity index (χ0n) is 16.6. The molecule has 0 spiro atoms. The number of hydrogen-bond acceptors (Lipinski definition) is 4. The second-order valence-corrected chi connectivity index (χ2v) is 6.76. The summed E-state index contributed by atoms with van der Waals surface area (Å²) in [5, 5.41) is 10.9. The summed E-state index contributed by atoms with van der Waals surface area (Å²) in [5.41, 5.74) is 1.05. The number of hydrogen-bond donors (Lipinski definition) is 2. The van der Waals surface area contributed by atoms with Crippen LogP contribution in [-0.4, -0.2) is 48.7 Å². The molecule has 0 bridgehead atoms. The molecule has 1 aromatic heterocycles. The SMILES string of the molecule is CCNC(=NCc1cc(C(CC)CC)no1)NCCN1CCCCC1.I. The fourth-order valence-corrected chi connectivity index (χ4v) is 3.32. The van der Waals surface area contributed by atoms with E-state index in [-0.39, 0.29) is 24.0 Å². The third-order valence-electron chi connectivity index (χ3n) is 4.89. The number of nitrogens with one attached hydrogen (secondary N) is 2. The maximum atomic E-state index is 5.46. The van der Waals surface area contributed by atoms with Crippen molar-refractivity contribution in [3.63, 3.8) is 0 Å². The predicted octanol–water partition coefficient (Wildman–Crippen LogP) is 3.74. The summed E-state index contributed by atoms with van der Waals surface area (Å²) in [6, 6.07) is 2.05. The smallest absolute Gasteiger partial charge is 0.191 e. The number of guanidine groups is 1. The molecule has 2 heterocycles. The van der Waals surface area contributed by atoms with E-state index in [1.54, 1.807) is 0 Å². The van der Waals surface area contributed by atoms with Crippen LogP contribution >= 0.6 is 24.0 Å². The van der Waals surface area contributed by atoms with Gasteiger partial charge in [-0.2, -0.15) is 0 Å². The van der Waals surface area contributed by atoms with Crippen molar-refractivity contribution < 1.29 is 4.52 Å². The van der Waals surface area contributed by atoms with E-state index in [9.17, 15) is 0 Å². The zero-order chi connectivity index (χ0) is 17.9. The van der Waals surface area contributed by atoms with Gasteiger partial charge in [-0.25, -0.2) is 4.99 Å². The molecule has 0 radical (unpaired) electrons. The summed E-state index contributed by atoms with van der Waals surface area (Å²) in [5.74, 6) is 2.16. The molecule has 6 nitrogen and oxygen atoms in total. The van der Waals surface area contributed by atoms with Crippen molar-refractivity contribution in [3.8, 4) is 0 Å². The number of piperidine rings is 1. The van der Waals surface area contributed by atoms with Gasteiger partial charge in [0.25, 0.3) is 0 Å². The first kappa shape index (κ1) is 23.2. The van der Waals surface area contributed by atoms with E-state index in [0.717, 1.165) is 49.9 Å². The summed E-state index contributed by atoms with van der Waals surface area (Å²) in [4.78, 5) is 7.16. The Balaban J connectivity index is 0.00000338. The maximum Gasteiger partial charge on any atom is 0.191 e. The van der Waals surface area contributed by atoms with Crippen molar-refractivity contribution >= 4 is 29.9 Å². The van der Waals surface area contributed by atoms with Crippen LogP contribution in [0.3, 0.4) is 0 Å². The fraction of sp³-hybridized carbons (Fsp3) is 0.789. The summed E-state index contributed by atoms with van der Waals surface area (Å²) in [6.07, 6.45) is 6.22. The molecule has 0 aliphatic carbocycles. The Morgan fingerprint density at radius 2 is 1.92 bits per heavy atom. The highest BCUT2D eigenvalue weighted by Crippen LogP contribution is 2.22. The van der Waals surface area contributed by atoms with E-state index in [1.807, 2.05) is 0 Å². The van der Waals surface area contributed by atoms with E-state index in [1.165, 1.54) is 32.4 Å². The standard InChI is InChI=1S/C19H35N5O.HI/c1-4-16(5-2)18-14-17(25-23-18)15-22-19(20-6-3)21-10-13-24-11-8-7-9-12-24;/h14,16H,4-13,15H2,1-3H3,(H2,20,21,22);1H. The van der Waals surface area contributed by atoms with Gasteiger partial charge in [0.05, 0.1) is 5.69 Å². The Morgan fingerprint density at radius 3 is 2.58 bits per heavy atom. The highest BCUT2D eigenvalue weighted by molar-refractivity contribution is 14.0. The lowest BCUT2D eigenvalue weighted by Crippen LogP contribution is -2.42. The van der Waals surface area contributed by atoms with Crippen molar-refractivity contribution in [2.75, 3.05) is 32.7 Å². The molecule has 150 valence electrons. The number of aromatic nitrogens is 1. The van der Waals surface area contributed by atoms with Crippen LogP contribution in [0.15, 0.2) is 15.6 Å². The van der Waals surface area contributed by atoms with Crippen LogP contribution in [0.1, 0.15) is 70.2 Å². The number of likely N-dealkylation sites (tertiary alicyclic amines) is 1. The lowest BCUT2D eigenvalue weighted by molar-refractivity contribution is 0.232. The van der Waals surface area contributed by atoms with E-state index in [0.29, 0.717) is 12.5 Å². The Kier molecular flexibility index (Phi) is 11.9. The molecule has 1 aromatic rings. The Morgan fingerprint density at radius 1 is 1.19 bits per heavy atom. The summed E-state index contributed by atoms with van der Waals surface area (Å²) < 4.78 is 5.46. The van der Waals surface area contributed by atoms with Gasteiger partial charge in [-0.1, -0.05) is 25.4 Å². The lowest BCUT2D eigenvalue weighted by Gasteiger charge is -2.26. The molecule has 0 aromatic carbocycles. The minimum Gasteiger partial charge on any atom is -0.359 e. The normalized spacial score (nSPS) is 15.8. The van der Waals surface area contributed by atoms with Crippen molar-refractivity contribution in [1.29, 1.82) is 0 Å². The number of aliphatic imine (C=N–C) groups is 1. The molecule has 2 rings (SSSR count). The quantitative estimate of drug-likeness (QED) is 0.322. The van der Waals surface area contributed by atoms with E-state index < -0.39 is 0 Å². The molecular formula is C19H36IN5O. The predicted molar refractivity (Wildman–Crippen MR) is 118 cm³/mol. The van der Waals surface area contributed by atoms with Gasteiger partial charge < -0.3 is 20.1 Å². The van der Waals surface area contributed by atoms with Gasteiger partial charge in [0.15, 0.2) is 11.7 Å². The molecule has 0 unspecified atom stereocenters. The van der Waals surface area contributed by atoms with Gasteiger partial charge in [-0.3, -0.25) is 0 Å². The molecule has 1 aliphatic rings. The largest absolute Gasteiger partial charge is 0.359 e. The molecule has 1 fully saturated rings. The van der Waals surface area contributed by atoms with Crippen molar-refractivity contribution in [1.82, 2.24) is 20.7 Å². The van der Waals surface area contributed by atoms with Crippen molar-refractivity contribution in [2.45, 2.75) is 65.3 Å². The molecule has 0 saturated carbocycles. The van der Waals surface area contributed by atoms with Crippen LogP contribution in [0.5, 0.6) is 0 Å². The van der Waals surface area contributed by atoms with Gasteiger partial charge >= 0.3 is 0 Å². The minimum atomic E-state index is 0. The Labute approximate surface area is 175 Å².